The molecule has 3 aliphatic rings. The van der Waals surface area contributed by atoms with Crippen molar-refractivity contribution in [2.24, 2.45) is 0 Å². The van der Waals surface area contributed by atoms with E-state index in [4.69, 9.17) is 29.8 Å². The summed E-state index contributed by atoms with van der Waals surface area (Å²) in [6.07, 6.45) is 5.51. The molecule has 0 aromatic carbocycles. The summed E-state index contributed by atoms with van der Waals surface area (Å²) < 4.78 is 34.4. The molecule has 110 valence electrons. The Balaban J connectivity index is 1.82. The molecular weight excluding hydrogens is 291 g/mol. The monoisotopic (exact) mass is 310 g/mol. The molecule has 1 spiro atoms. The summed E-state index contributed by atoms with van der Waals surface area (Å²) in [6, 6.07) is 0. The highest BCUT2D eigenvalue weighted by Gasteiger charge is 2.54. The Kier molecular flexibility index (Phi) is 4.24. The van der Waals surface area contributed by atoms with Crippen LogP contribution >= 0.6 is 18.2 Å². The van der Waals surface area contributed by atoms with Gasteiger partial charge in [-0.1, -0.05) is 0 Å². The number of ether oxygens (including phenoxy) is 2. The van der Waals surface area contributed by atoms with E-state index in [9.17, 15) is 4.57 Å². The first-order valence-corrected chi connectivity index (χ1v) is 9.44. The van der Waals surface area contributed by atoms with E-state index in [0.29, 0.717) is 13.2 Å². The fourth-order valence-corrected chi connectivity index (χ4v) is 4.59. The average molecular weight is 311 g/mol. The van der Waals surface area contributed by atoms with Gasteiger partial charge in [-0.05, 0) is 38.5 Å². The lowest BCUT2D eigenvalue weighted by molar-refractivity contribution is -0.213. The Labute approximate surface area is 118 Å². The zero-order valence-electron chi connectivity index (χ0n) is 10.9. The zero-order valence-corrected chi connectivity index (χ0v) is 12.5. The lowest BCUT2D eigenvalue weighted by Crippen LogP contribution is -2.59. The van der Waals surface area contributed by atoms with Crippen LogP contribution in [-0.2, 0) is 23.1 Å². The maximum atomic E-state index is 11.9. The van der Waals surface area contributed by atoms with Gasteiger partial charge in [0, 0.05) is 24.5 Å². The highest BCUT2D eigenvalue weighted by molar-refractivity contribution is 7.81. The molecule has 5 nitrogen and oxygen atoms in total. The quantitative estimate of drug-likeness (QED) is 0.696. The smallest absolute Gasteiger partial charge is 0.375 e. The molecule has 4 unspecified atom stereocenters. The van der Waals surface area contributed by atoms with Crippen molar-refractivity contribution in [1.29, 1.82) is 0 Å². The first-order chi connectivity index (χ1) is 9.11. The third kappa shape index (κ3) is 3.02. The summed E-state index contributed by atoms with van der Waals surface area (Å²) in [5, 5.41) is 0. The van der Waals surface area contributed by atoms with E-state index in [0.717, 1.165) is 38.5 Å². The van der Waals surface area contributed by atoms with Gasteiger partial charge in [0.15, 0.2) is 0 Å². The van der Waals surface area contributed by atoms with Gasteiger partial charge in [-0.3, -0.25) is 9.05 Å². The lowest BCUT2D eigenvalue weighted by Gasteiger charge is -2.49. The topological polar surface area (TPSA) is 54.0 Å². The van der Waals surface area contributed by atoms with Crippen molar-refractivity contribution in [2.45, 2.75) is 56.3 Å². The van der Waals surface area contributed by atoms with Crippen molar-refractivity contribution in [2.75, 3.05) is 19.8 Å². The van der Waals surface area contributed by atoms with Crippen molar-refractivity contribution < 1.29 is 23.1 Å². The second-order valence-corrected chi connectivity index (χ2v) is 8.08. The lowest BCUT2D eigenvalue weighted by atomic mass is 9.84. The van der Waals surface area contributed by atoms with Crippen LogP contribution in [0.2, 0.25) is 0 Å². The minimum Gasteiger partial charge on any atom is -0.375 e. The van der Waals surface area contributed by atoms with Gasteiger partial charge in [0.05, 0.1) is 12.7 Å². The maximum absolute atomic E-state index is 11.9. The number of rotatable bonds is 1. The van der Waals surface area contributed by atoms with Crippen LogP contribution in [0.15, 0.2) is 0 Å². The number of halogens is 1. The van der Waals surface area contributed by atoms with Gasteiger partial charge < -0.3 is 9.47 Å². The van der Waals surface area contributed by atoms with Crippen LogP contribution in [0.5, 0.6) is 0 Å². The zero-order chi connectivity index (χ0) is 13.3. The van der Waals surface area contributed by atoms with Gasteiger partial charge in [-0.25, -0.2) is 4.57 Å². The van der Waals surface area contributed by atoms with Crippen LogP contribution in [0.3, 0.4) is 0 Å². The molecule has 3 heterocycles. The van der Waals surface area contributed by atoms with Gasteiger partial charge in [-0.15, -0.1) is 0 Å². The average Bonchev–Trinajstić information content (AvgIpc) is 2.44. The molecule has 0 aromatic heterocycles. The van der Waals surface area contributed by atoms with Crippen LogP contribution in [0.1, 0.15) is 38.5 Å². The molecule has 4 atom stereocenters. The van der Waals surface area contributed by atoms with Crippen LogP contribution in [0.4, 0.5) is 0 Å². The van der Waals surface area contributed by atoms with Crippen molar-refractivity contribution in [3.05, 3.63) is 0 Å². The van der Waals surface area contributed by atoms with E-state index in [1.54, 1.807) is 0 Å². The molecular formula is C12H20ClO5P. The van der Waals surface area contributed by atoms with Gasteiger partial charge in [0.1, 0.15) is 11.7 Å². The number of hydrogen-bond donors (Lipinski definition) is 0. The number of hydrogen-bond acceptors (Lipinski definition) is 5. The highest BCUT2D eigenvalue weighted by atomic mass is 35.7. The normalized spacial score (nSPS) is 48.3. The molecule has 19 heavy (non-hydrogen) atoms. The predicted octanol–water partition coefficient (Wildman–Crippen LogP) is 3.26. The Morgan fingerprint density at radius 2 is 2.00 bits per heavy atom. The summed E-state index contributed by atoms with van der Waals surface area (Å²) in [4.78, 5) is 0. The largest absolute Gasteiger partial charge is 0.424 e. The molecule has 3 rings (SSSR count). The van der Waals surface area contributed by atoms with Crippen molar-refractivity contribution in [3.8, 4) is 0 Å². The van der Waals surface area contributed by atoms with E-state index < -0.39 is 12.5 Å². The summed E-state index contributed by atoms with van der Waals surface area (Å²) in [5.41, 5.74) is -0.539. The maximum Gasteiger partial charge on any atom is 0.424 e. The van der Waals surface area contributed by atoms with Crippen LogP contribution < -0.4 is 0 Å². The van der Waals surface area contributed by atoms with E-state index in [1.165, 1.54) is 0 Å². The Morgan fingerprint density at radius 3 is 2.68 bits per heavy atom. The minimum atomic E-state index is -3.49. The van der Waals surface area contributed by atoms with Crippen LogP contribution in [0.25, 0.3) is 0 Å². The first kappa shape index (κ1) is 14.3. The fourth-order valence-electron chi connectivity index (χ4n) is 3.15. The molecule has 0 N–H and O–H groups in total. The Bertz CT molecular complexity index is 365. The van der Waals surface area contributed by atoms with E-state index in [1.807, 2.05) is 0 Å². The van der Waals surface area contributed by atoms with Crippen LogP contribution in [0, 0.1) is 0 Å². The first-order valence-electron chi connectivity index (χ1n) is 7.00. The van der Waals surface area contributed by atoms with E-state index in [-0.39, 0.29) is 18.8 Å². The second-order valence-electron chi connectivity index (χ2n) is 5.51. The SMILES string of the molecule is O=P1(Cl)OCC2(CCCCO2)C(C2CCCCO2)O1. The molecule has 0 bridgehead atoms. The summed E-state index contributed by atoms with van der Waals surface area (Å²) >= 11 is 5.79. The molecule has 0 amide bonds. The molecule has 3 aliphatic heterocycles. The standard InChI is InChI=1S/C12H20ClO5P/c13-19(14)17-9-12(6-2-4-8-16-12)11(18-19)10-5-1-3-7-15-10/h10-11H,1-9H2. The highest BCUT2D eigenvalue weighted by Crippen LogP contribution is 2.61. The molecule has 7 heteroatoms. The van der Waals surface area contributed by atoms with E-state index >= 15 is 0 Å². The summed E-state index contributed by atoms with van der Waals surface area (Å²) in [7, 11) is 0. The summed E-state index contributed by atoms with van der Waals surface area (Å²) in [6.45, 7) is -1.86. The van der Waals surface area contributed by atoms with Gasteiger partial charge in [-0.2, -0.15) is 0 Å². The Hall–Kier alpha value is 0.360. The fraction of sp³-hybridized carbons (Fsp3) is 1.00. The molecule has 0 aromatic rings. The van der Waals surface area contributed by atoms with Crippen molar-refractivity contribution in [1.82, 2.24) is 0 Å². The Morgan fingerprint density at radius 1 is 1.16 bits per heavy atom. The predicted molar refractivity (Wildman–Crippen MR) is 70.4 cm³/mol. The van der Waals surface area contributed by atoms with Gasteiger partial charge in [0.2, 0.25) is 0 Å². The molecule has 0 aliphatic carbocycles. The third-order valence-corrected chi connectivity index (χ3v) is 5.61. The van der Waals surface area contributed by atoms with Crippen molar-refractivity contribution in [3.63, 3.8) is 0 Å². The van der Waals surface area contributed by atoms with Crippen LogP contribution in [-0.4, -0.2) is 37.6 Å². The summed E-state index contributed by atoms with van der Waals surface area (Å²) in [5.74, 6) is 0. The minimum absolute atomic E-state index is 0.0946. The van der Waals surface area contributed by atoms with Gasteiger partial charge in [0.25, 0.3) is 0 Å². The van der Waals surface area contributed by atoms with E-state index in [2.05, 4.69) is 0 Å². The molecule has 0 radical (unpaired) electrons. The molecule has 0 saturated carbocycles. The molecule has 3 saturated heterocycles. The second kappa shape index (κ2) is 5.63. The molecule has 3 fully saturated rings. The third-order valence-electron chi connectivity index (χ3n) is 4.16. The van der Waals surface area contributed by atoms with Crippen molar-refractivity contribution >= 4 is 18.2 Å². The van der Waals surface area contributed by atoms with Gasteiger partial charge >= 0.3 is 6.95 Å².